The maximum atomic E-state index is 12.0. The van der Waals surface area contributed by atoms with Crippen LogP contribution in [0.2, 0.25) is 0 Å². The van der Waals surface area contributed by atoms with Crippen LogP contribution in [0.15, 0.2) is 35.8 Å². The van der Waals surface area contributed by atoms with Crippen LogP contribution in [0.4, 0.5) is 18.2 Å². The average molecular weight is 318 g/mol. The molecule has 1 N–H and O–H groups in total. The van der Waals surface area contributed by atoms with Gasteiger partial charge in [0.1, 0.15) is 10.7 Å². The van der Waals surface area contributed by atoms with Crippen LogP contribution in [0, 0.1) is 0 Å². The molecule has 2 aromatic rings. The van der Waals surface area contributed by atoms with Crippen molar-refractivity contribution in [2.24, 2.45) is 0 Å². The lowest BCUT2D eigenvalue weighted by Crippen LogP contribution is -2.16. The number of thioether (sulfide) groups is 1. The van der Waals surface area contributed by atoms with Crippen molar-refractivity contribution in [3.8, 4) is 11.3 Å². The monoisotopic (exact) mass is 318 g/mol. The van der Waals surface area contributed by atoms with E-state index in [9.17, 15) is 18.0 Å². The molecular formula is C12H9F3N2OS2. The van der Waals surface area contributed by atoms with Crippen molar-refractivity contribution in [2.75, 3.05) is 11.1 Å². The third-order valence-electron chi connectivity index (χ3n) is 2.23. The van der Waals surface area contributed by atoms with Crippen LogP contribution < -0.4 is 5.32 Å². The van der Waals surface area contributed by atoms with Gasteiger partial charge >= 0.3 is 5.51 Å². The Labute approximate surface area is 121 Å². The predicted octanol–water partition coefficient (Wildman–Crippen LogP) is 4.00. The number of hydrogen-bond donors (Lipinski definition) is 1. The van der Waals surface area contributed by atoms with Gasteiger partial charge in [-0.15, -0.1) is 11.3 Å². The number of aromatic nitrogens is 1. The highest BCUT2D eigenvalue weighted by molar-refractivity contribution is 8.00. The molecule has 2 rings (SSSR count). The molecule has 0 spiro atoms. The third-order valence-corrected chi connectivity index (χ3v) is 3.71. The van der Waals surface area contributed by atoms with Crippen molar-refractivity contribution in [1.82, 2.24) is 4.98 Å². The quantitative estimate of drug-likeness (QED) is 0.926. The highest BCUT2D eigenvalue weighted by atomic mass is 32.2. The summed E-state index contributed by atoms with van der Waals surface area (Å²) in [6.07, 6.45) is 0. The van der Waals surface area contributed by atoms with Gasteiger partial charge in [0.25, 0.3) is 0 Å². The number of carbonyl (C=O) groups is 1. The van der Waals surface area contributed by atoms with Gasteiger partial charge < -0.3 is 5.32 Å². The molecule has 20 heavy (non-hydrogen) atoms. The van der Waals surface area contributed by atoms with Gasteiger partial charge in [0.15, 0.2) is 0 Å². The molecule has 0 fully saturated rings. The van der Waals surface area contributed by atoms with E-state index in [1.165, 1.54) is 16.8 Å². The van der Waals surface area contributed by atoms with Gasteiger partial charge in [0, 0.05) is 5.56 Å². The second-order valence-corrected chi connectivity index (χ2v) is 5.57. The predicted molar refractivity (Wildman–Crippen MR) is 74.7 cm³/mol. The number of carbonyl (C=O) groups excluding carboxylic acids is 1. The number of anilines is 1. The smallest absolute Gasteiger partial charge is 0.315 e. The molecule has 0 radical (unpaired) electrons. The Morgan fingerprint density at radius 3 is 2.65 bits per heavy atom. The fourth-order valence-electron chi connectivity index (χ4n) is 1.45. The fraction of sp³-hybridized carbons (Fsp3) is 0.167. The fourth-order valence-corrected chi connectivity index (χ4v) is 2.53. The molecule has 0 aliphatic rings. The topological polar surface area (TPSA) is 42.0 Å². The van der Waals surface area contributed by atoms with Gasteiger partial charge in [0.2, 0.25) is 5.91 Å². The molecule has 1 aromatic heterocycles. The van der Waals surface area contributed by atoms with E-state index in [0.29, 0.717) is 10.7 Å². The minimum absolute atomic E-state index is 0.363. The first kappa shape index (κ1) is 14.9. The molecule has 0 saturated heterocycles. The highest BCUT2D eigenvalue weighted by Crippen LogP contribution is 2.32. The van der Waals surface area contributed by atoms with Crippen molar-refractivity contribution in [2.45, 2.75) is 5.51 Å². The second kappa shape index (κ2) is 6.27. The van der Waals surface area contributed by atoms with E-state index in [-0.39, 0.29) is 11.8 Å². The molecule has 0 atom stereocenters. The molecule has 0 unspecified atom stereocenters. The van der Waals surface area contributed by atoms with Crippen molar-refractivity contribution in [3.05, 3.63) is 35.8 Å². The zero-order valence-electron chi connectivity index (χ0n) is 9.98. The minimum atomic E-state index is -4.41. The largest absolute Gasteiger partial charge is 0.442 e. The summed E-state index contributed by atoms with van der Waals surface area (Å²) in [5, 5.41) is 2.91. The van der Waals surface area contributed by atoms with E-state index in [2.05, 4.69) is 10.3 Å². The molecule has 8 heteroatoms. The van der Waals surface area contributed by atoms with E-state index in [4.69, 9.17) is 0 Å². The Kier molecular flexibility index (Phi) is 4.66. The van der Waals surface area contributed by atoms with Crippen molar-refractivity contribution >= 4 is 34.0 Å². The summed E-state index contributed by atoms with van der Waals surface area (Å²) in [7, 11) is 0. The Morgan fingerprint density at radius 1 is 1.30 bits per heavy atom. The van der Waals surface area contributed by atoms with Crippen LogP contribution in [0.25, 0.3) is 11.3 Å². The molecule has 0 saturated carbocycles. The summed E-state index contributed by atoms with van der Waals surface area (Å²) in [5.74, 6) is -1.37. The van der Waals surface area contributed by atoms with Crippen LogP contribution in [-0.4, -0.2) is 22.2 Å². The number of alkyl halides is 3. The number of thiazole rings is 1. The maximum absolute atomic E-state index is 12.0. The Bertz CT molecular complexity index is 584. The first-order valence-corrected chi connectivity index (χ1v) is 7.31. The molecule has 3 nitrogen and oxygen atoms in total. The Balaban J connectivity index is 2.04. The van der Waals surface area contributed by atoms with Crippen molar-refractivity contribution < 1.29 is 18.0 Å². The van der Waals surface area contributed by atoms with Gasteiger partial charge in [-0.3, -0.25) is 4.79 Å². The molecule has 0 aliphatic carbocycles. The standard InChI is InChI=1S/C12H9F3N2OS2/c13-12(14,15)20-6-9(18)17-11-10(16-7-19-11)8-4-2-1-3-5-8/h1-5,7H,6H2,(H,17,18). The summed E-state index contributed by atoms with van der Waals surface area (Å²) < 4.78 is 36.0. The lowest BCUT2D eigenvalue weighted by Gasteiger charge is -2.07. The maximum Gasteiger partial charge on any atom is 0.442 e. The minimum Gasteiger partial charge on any atom is -0.315 e. The number of amides is 1. The van der Waals surface area contributed by atoms with Gasteiger partial charge in [-0.2, -0.15) is 13.2 Å². The lowest BCUT2D eigenvalue weighted by atomic mass is 10.2. The van der Waals surface area contributed by atoms with E-state index in [1.807, 2.05) is 30.3 Å². The van der Waals surface area contributed by atoms with Gasteiger partial charge in [-0.05, 0) is 11.8 Å². The summed E-state index contributed by atoms with van der Waals surface area (Å²) in [4.78, 5) is 15.6. The van der Waals surface area contributed by atoms with Crippen LogP contribution in [-0.2, 0) is 4.79 Å². The summed E-state index contributed by atoms with van der Waals surface area (Å²) in [6.45, 7) is 0. The number of rotatable bonds is 4. The number of nitrogens with zero attached hydrogens (tertiary/aromatic N) is 1. The number of hydrogen-bond acceptors (Lipinski definition) is 4. The summed E-state index contributed by atoms with van der Waals surface area (Å²) >= 11 is 0.810. The summed E-state index contributed by atoms with van der Waals surface area (Å²) in [6, 6.07) is 9.11. The number of nitrogens with one attached hydrogen (secondary N) is 1. The molecule has 106 valence electrons. The van der Waals surface area contributed by atoms with Gasteiger partial charge in [0.05, 0.1) is 11.3 Å². The van der Waals surface area contributed by atoms with E-state index >= 15 is 0 Å². The van der Waals surface area contributed by atoms with Crippen LogP contribution in [0.5, 0.6) is 0 Å². The zero-order chi connectivity index (χ0) is 14.6. The van der Waals surface area contributed by atoms with E-state index < -0.39 is 17.2 Å². The molecule has 1 aromatic carbocycles. The van der Waals surface area contributed by atoms with E-state index in [1.54, 1.807) is 0 Å². The van der Waals surface area contributed by atoms with E-state index in [0.717, 1.165) is 5.56 Å². The van der Waals surface area contributed by atoms with Gasteiger partial charge in [-0.25, -0.2) is 4.98 Å². The van der Waals surface area contributed by atoms with Crippen LogP contribution in [0.3, 0.4) is 0 Å². The SMILES string of the molecule is O=C(CSC(F)(F)F)Nc1scnc1-c1ccccc1. The number of halogens is 3. The number of benzene rings is 1. The lowest BCUT2D eigenvalue weighted by molar-refractivity contribution is -0.114. The highest BCUT2D eigenvalue weighted by Gasteiger charge is 2.29. The third kappa shape index (κ3) is 4.24. The first-order valence-electron chi connectivity index (χ1n) is 5.45. The van der Waals surface area contributed by atoms with Crippen molar-refractivity contribution in [1.29, 1.82) is 0 Å². The normalized spacial score (nSPS) is 11.3. The average Bonchev–Trinajstić information content (AvgIpc) is 2.85. The molecule has 1 heterocycles. The second-order valence-electron chi connectivity index (χ2n) is 3.68. The Hall–Kier alpha value is -1.54. The van der Waals surface area contributed by atoms with Crippen molar-refractivity contribution in [3.63, 3.8) is 0 Å². The first-order chi connectivity index (χ1) is 9.46. The molecule has 0 aliphatic heterocycles. The van der Waals surface area contributed by atoms with Gasteiger partial charge in [-0.1, -0.05) is 30.3 Å². The molecule has 1 amide bonds. The van der Waals surface area contributed by atoms with Crippen LogP contribution in [0.1, 0.15) is 0 Å². The summed E-state index contributed by atoms with van der Waals surface area (Å²) in [5.41, 5.74) is -1.52. The molecule has 0 bridgehead atoms. The Morgan fingerprint density at radius 2 is 2.00 bits per heavy atom. The molecular weight excluding hydrogens is 309 g/mol. The van der Waals surface area contributed by atoms with Crippen LogP contribution >= 0.6 is 23.1 Å². The zero-order valence-corrected chi connectivity index (χ0v) is 11.6.